The molecule has 0 aliphatic carbocycles. The summed E-state index contributed by atoms with van der Waals surface area (Å²) in [5.74, 6) is 1.46. The van der Waals surface area contributed by atoms with Gasteiger partial charge >= 0.3 is 0 Å². The second-order valence-electron chi connectivity index (χ2n) is 5.68. The number of carbonyl (C=O) groups is 2. The minimum atomic E-state index is -0.218. The maximum absolute atomic E-state index is 12.9. The normalized spacial score (nSPS) is 14.5. The number of hydrogen-bond acceptors (Lipinski definition) is 5. The van der Waals surface area contributed by atoms with E-state index in [1.54, 1.807) is 32.4 Å². The highest BCUT2D eigenvalue weighted by molar-refractivity contribution is 8.04. The Labute approximate surface area is 153 Å². The van der Waals surface area contributed by atoms with E-state index >= 15 is 0 Å². The minimum absolute atomic E-state index is 0.183. The predicted octanol–water partition coefficient (Wildman–Crippen LogP) is 3.73. The average Bonchev–Trinajstić information content (AvgIpc) is 2.86. The van der Waals surface area contributed by atoms with Gasteiger partial charge in [-0.3, -0.25) is 14.5 Å². The zero-order valence-electron chi connectivity index (χ0n) is 15.3. The number of imide groups is 1. The maximum atomic E-state index is 12.9. The van der Waals surface area contributed by atoms with Crippen molar-refractivity contribution in [2.45, 2.75) is 33.1 Å². The Bertz CT molecular complexity index is 684. The molecule has 0 fully saturated rings. The molecule has 136 valence electrons. The lowest BCUT2D eigenvalue weighted by Crippen LogP contribution is -2.32. The number of thioether (sulfide) groups is 1. The summed E-state index contributed by atoms with van der Waals surface area (Å²) >= 11 is 1.42. The minimum Gasteiger partial charge on any atom is -0.493 e. The first-order chi connectivity index (χ1) is 12.1. The van der Waals surface area contributed by atoms with E-state index < -0.39 is 0 Å². The molecule has 1 aromatic rings. The fourth-order valence-corrected chi connectivity index (χ4v) is 3.67. The smallest absolute Gasteiger partial charge is 0.267 e. The highest BCUT2D eigenvalue weighted by atomic mass is 32.2. The molecule has 0 unspecified atom stereocenters. The van der Waals surface area contributed by atoms with Crippen LogP contribution in [0, 0.1) is 0 Å². The molecule has 1 aliphatic rings. The second-order valence-corrected chi connectivity index (χ2v) is 6.95. The van der Waals surface area contributed by atoms with Gasteiger partial charge in [0.25, 0.3) is 11.8 Å². The first kappa shape index (κ1) is 19.4. The van der Waals surface area contributed by atoms with E-state index in [1.807, 2.05) is 6.92 Å². The number of amides is 2. The monoisotopic (exact) mass is 363 g/mol. The molecule has 2 amide bonds. The van der Waals surface area contributed by atoms with Crippen molar-refractivity contribution in [3.63, 3.8) is 0 Å². The van der Waals surface area contributed by atoms with Gasteiger partial charge in [0.15, 0.2) is 11.5 Å². The fraction of sp³-hybridized carbons (Fsp3) is 0.474. The number of unbranched alkanes of at least 4 members (excludes halogenated alkanes) is 2. The molecule has 0 atom stereocenters. The summed E-state index contributed by atoms with van der Waals surface area (Å²) in [6.07, 6.45) is 2.87. The molecule has 0 radical (unpaired) electrons. The Morgan fingerprint density at radius 1 is 1.00 bits per heavy atom. The fourth-order valence-electron chi connectivity index (χ4n) is 2.80. The molecule has 0 saturated heterocycles. The van der Waals surface area contributed by atoms with Gasteiger partial charge in [0.2, 0.25) is 0 Å². The Kier molecular flexibility index (Phi) is 6.93. The molecule has 1 aromatic carbocycles. The largest absolute Gasteiger partial charge is 0.493 e. The summed E-state index contributed by atoms with van der Waals surface area (Å²) in [6.45, 7) is 4.54. The van der Waals surface area contributed by atoms with Crippen LogP contribution in [0.2, 0.25) is 0 Å². The van der Waals surface area contributed by atoms with E-state index in [1.165, 1.54) is 16.7 Å². The number of methoxy groups -OCH3 is 2. The molecule has 5 nitrogen and oxygen atoms in total. The molecule has 0 spiro atoms. The van der Waals surface area contributed by atoms with Gasteiger partial charge in [-0.1, -0.05) is 32.8 Å². The Morgan fingerprint density at radius 3 is 2.32 bits per heavy atom. The number of benzene rings is 1. The van der Waals surface area contributed by atoms with Crippen LogP contribution in [-0.2, 0) is 9.59 Å². The van der Waals surface area contributed by atoms with Gasteiger partial charge in [-0.25, -0.2) is 0 Å². The Balaban J connectivity index is 2.41. The van der Waals surface area contributed by atoms with Crippen LogP contribution in [0.25, 0.3) is 5.57 Å². The van der Waals surface area contributed by atoms with Crippen molar-refractivity contribution in [1.82, 2.24) is 4.90 Å². The quantitative estimate of drug-likeness (QED) is 0.494. The zero-order valence-corrected chi connectivity index (χ0v) is 16.1. The van der Waals surface area contributed by atoms with E-state index in [0.29, 0.717) is 34.1 Å². The predicted molar refractivity (Wildman–Crippen MR) is 101 cm³/mol. The lowest BCUT2D eigenvalue weighted by Gasteiger charge is -2.15. The van der Waals surface area contributed by atoms with Crippen LogP contribution in [0.4, 0.5) is 0 Å². The van der Waals surface area contributed by atoms with Crippen LogP contribution in [0.3, 0.4) is 0 Å². The first-order valence-electron chi connectivity index (χ1n) is 8.54. The molecule has 0 bridgehead atoms. The third-order valence-electron chi connectivity index (χ3n) is 4.07. The summed E-state index contributed by atoms with van der Waals surface area (Å²) in [5.41, 5.74) is 1.15. The van der Waals surface area contributed by atoms with Crippen LogP contribution >= 0.6 is 11.8 Å². The van der Waals surface area contributed by atoms with Crippen LogP contribution < -0.4 is 9.47 Å². The van der Waals surface area contributed by atoms with E-state index in [2.05, 4.69) is 6.92 Å². The molecule has 25 heavy (non-hydrogen) atoms. The van der Waals surface area contributed by atoms with Crippen molar-refractivity contribution in [3.8, 4) is 11.5 Å². The third kappa shape index (κ3) is 4.00. The van der Waals surface area contributed by atoms with E-state index in [4.69, 9.17) is 9.47 Å². The number of nitrogens with zero attached hydrogens (tertiary/aromatic N) is 1. The molecule has 0 N–H and O–H groups in total. The van der Waals surface area contributed by atoms with Gasteiger partial charge in [-0.05, 0) is 29.9 Å². The maximum Gasteiger partial charge on any atom is 0.267 e. The summed E-state index contributed by atoms with van der Waals surface area (Å²) < 4.78 is 10.6. The van der Waals surface area contributed by atoms with E-state index in [-0.39, 0.29) is 11.8 Å². The van der Waals surface area contributed by atoms with Crippen molar-refractivity contribution >= 4 is 29.1 Å². The molecule has 1 heterocycles. The lowest BCUT2D eigenvalue weighted by atomic mass is 10.1. The van der Waals surface area contributed by atoms with Crippen molar-refractivity contribution in [3.05, 3.63) is 28.7 Å². The van der Waals surface area contributed by atoms with Crippen LogP contribution in [0.5, 0.6) is 11.5 Å². The van der Waals surface area contributed by atoms with Crippen molar-refractivity contribution < 1.29 is 19.1 Å². The van der Waals surface area contributed by atoms with E-state index in [0.717, 1.165) is 25.0 Å². The highest BCUT2D eigenvalue weighted by Gasteiger charge is 2.38. The van der Waals surface area contributed by atoms with Crippen molar-refractivity contribution in [1.29, 1.82) is 0 Å². The Hall–Kier alpha value is -1.95. The average molecular weight is 363 g/mol. The van der Waals surface area contributed by atoms with Crippen LogP contribution in [0.1, 0.15) is 38.7 Å². The highest BCUT2D eigenvalue weighted by Crippen LogP contribution is 2.39. The molecular weight excluding hydrogens is 338 g/mol. The second kappa shape index (κ2) is 8.94. The SMILES string of the molecule is CCCCCN1C(=O)C(SCC)=C(c2ccc(OC)c(OC)c2)C1=O. The van der Waals surface area contributed by atoms with Gasteiger partial charge in [0, 0.05) is 6.54 Å². The zero-order chi connectivity index (χ0) is 18.4. The summed E-state index contributed by atoms with van der Waals surface area (Å²) in [6, 6.07) is 5.31. The van der Waals surface area contributed by atoms with Gasteiger partial charge in [0.1, 0.15) is 0 Å². The number of rotatable bonds is 9. The lowest BCUT2D eigenvalue weighted by molar-refractivity contribution is -0.136. The van der Waals surface area contributed by atoms with Crippen LogP contribution in [-0.4, -0.2) is 43.2 Å². The van der Waals surface area contributed by atoms with E-state index in [9.17, 15) is 9.59 Å². The molecule has 2 rings (SSSR count). The molecular formula is C19H25NO4S. The van der Waals surface area contributed by atoms with Crippen molar-refractivity contribution in [2.24, 2.45) is 0 Å². The molecule has 0 saturated carbocycles. The molecule has 6 heteroatoms. The van der Waals surface area contributed by atoms with Crippen molar-refractivity contribution in [2.75, 3.05) is 26.5 Å². The van der Waals surface area contributed by atoms with Crippen LogP contribution in [0.15, 0.2) is 23.1 Å². The number of ether oxygens (including phenoxy) is 2. The summed E-state index contributed by atoms with van der Waals surface area (Å²) in [4.78, 5) is 27.5. The van der Waals surface area contributed by atoms with Gasteiger partial charge in [-0.15, -0.1) is 11.8 Å². The third-order valence-corrected chi connectivity index (χ3v) is 5.03. The first-order valence-corrected chi connectivity index (χ1v) is 9.53. The summed E-state index contributed by atoms with van der Waals surface area (Å²) in [7, 11) is 3.12. The van der Waals surface area contributed by atoms with Gasteiger partial charge in [0.05, 0.1) is 24.7 Å². The standard InChI is InChI=1S/C19H25NO4S/c1-5-7-8-11-20-18(21)16(17(19(20)22)25-6-2)13-9-10-14(23-3)15(12-13)24-4/h9-10,12H,5-8,11H2,1-4H3. The molecule has 1 aliphatic heterocycles. The summed E-state index contributed by atoms with van der Waals surface area (Å²) in [5, 5.41) is 0. The number of hydrogen-bond donors (Lipinski definition) is 0. The molecule has 0 aromatic heterocycles. The topological polar surface area (TPSA) is 55.8 Å². The Morgan fingerprint density at radius 2 is 1.72 bits per heavy atom. The van der Waals surface area contributed by atoms with Gasteiger partial charge < -0.3 is 9.47 Å². The van der Waals surface area contributed by atoms with Gasteiger partial charge in [-0.2, -0.15) is 0 Å². The number of carbonyl (C=O) groups excluding carboxylic acids is 2.